The maximum absolute atomic E-state index is 4.47. The largest absolute Gasteiger partial charge is 0.357 e. The highest BCUT2D eigenvalue weighted by molar-refractivity contribution is 5.79. The van der Waals surface area contributed by atoms with Gasteiger partial charge in [-0.05, 0) is 31.9 Å². The summed E-state index contributed by atoms with van der Waals surface area (Å²) in [6.45, 7) is 6.68. The summed E-state index contributed by atoms with van der Waals surface area (Å²) in [4.78, 5) is 8.54. The molecule has 0 bridgehead atoms. The van der Waals surface area contributed by atoms with Gasteiger partial charge in [-0.2, -0.15) is 0 Å². The van der Waals surface area contributed by atoms with Crippen molar-refractivity contribution in [1.82, 2.24) is 15.6 Å². The number of nitrogens with one attached hydrogen (secondary N) is 2. The van der Waals surface area contributed by atoms with Gasteiger partial charge in [-0.15, -0.1) is 0 Å². The van der Waals surface area contributed by atoms with Gasteiger partial charge in [0.1, 0.15) is 0 Å². The first-order valence-electron chi connectivity index (χ1n) is 5.78. The third kappa shape index (κ3) is 4.77. The molecular weight excluding hydrogens is 200 g/mol. The third-order valence-electron chi connectivity index (χ3n) is 2.08. The maximum atomic E-state index is 4.47. The van der Waals surface area contributed by atoms with E-state index in [1.165, 1.54) is 5.56 Å². The Morgan fingerprint density at radius 3 is 2.62 bits per heavy atom. The fourth-order valence-corrected chi connectivity index (χ4v) is 1.35. The predicted molar refractivity (Wildman–Crippen MR) is 67.6 cm³/mol. The van der Waals surface area contributed by atoms with Crippen molar-refractivity contribution in [2.24, 2.45) is 4.99 Å². The summed E-state index contributed by atoms with van der Waals surface area (Å²) >= 11 is 0. The average Bonchev–Trinajstić information content (AvgIpc) is 2.31. The first-order valence-corrected chi connectivity index (χ1v) is 5.78. The van der Waals surface area contributed by atoms with Crippen molar-refractivity contribution >= 4 is 5.96 Å². The molecule has 0 aliphatic rings. The molecule has 1 aromatic heterocycles. The standard InChI is InChI=1S/C12H20N4/c1-3-14-12(15-4-2)16-9-7-11-6-5-8-13-10-11/h5-6,8,10H,3-4,7,9H2,1-2H3,(H2,14,15,16). The van der Waals surface area contributed by atoms with Crippen LogP contribution >= 0.6 is 0 Å². The summed E-state index contributed by atoms with van der Waals surface area (Å²) in [5, 5.41) is 6.39. The highest BCUT2D eigenvalue weighted by atomic mass is 15.2. The van der Waals surface area contributed by atoms with E-state index in [2.05, 4.69) is 40.5 Å². The predicted octanol–water partition coefficient (Wildman–Crippen LogP) is 1.20. The fraction of sp³-hybridized carbons (Fsp3) is 0.500. The highest BCUT2D eigenvalue weighted by Crippen LogP contribution is 1.96. The van der Waals surface area contributed by atoms with Gasteiger partial charge >= 0.3 is 0 Å². The smallest absolute Gasteiger partial charge is 0.191 e. The van der Waals surface area contributed by atoms with Crippen LogP contribution < -0.4 is 10.6 Å². The van der Waals surface area contributed by atoms with Crippen LogP contribution in [0.4, 0.5) is 0 Å². The van der Waals surface area contributed by atoms with Gasteiger partial charge in [-0.1, -0.05) is 6.07 Å². The Morgan fingerprint density at radius 2 is 2.06 bits per heavy atom. The van der Waals surface area contributed by atoms with Crippen LogP contribution in [0.2, 0.25) is 0 Å². The Morgan fingerprint density at radius 1 is 1.31 bits per heavy atom. The Balaban J connectivity index is 2.38. The van der Waals surface area contributed by atoms with E-state index in [1.54, 1.807) is 6.20 Å². The molecule has 0 saturated heterocycles. The summed E-state index contributed by atoms with van der Waals surface area (Å²) in [5.74, 6) is 0.883. The zero-order valence-corrected chi connectivity index (χ0v) is 10.0. The van der Waals surface area contributed by atoms with Crippen LogP contribution in [0.15, 0.2) is 29.5 Å². The van der Waals surface area contributed by atoms with Crippen molar-refractivity contribution in [2.75, 3.05) is 19.6 Å². The molecule has 0 aliphatic heterocycles. The summed E-state index contributed by atoms with van der Waals surface area (Å²) in [6, 6.07) is 4.03. The number of hydrogen-bond donors (Lipinski definition) is 2. The molecule has 1 heterocycles. The molecule has 0 aromatic carbocycles. The minimum absolute atomic E-state index is 0.779. The molecular formula is C12H20N4. The van der Waals surface area contributed by atoms with Crippen LogP contribution in [0, 0.1) is 0 Å². The molecule has 1 rings (SSSR count). The van der Waals surface area contributed by atoms with Gasteiger partial charge in [0, 0.05) is 32.0 Å². The van der Waals surface area contributed by atoms with Gasteiger partial charge in [-0.25, -0.2) is 0 Å². The van der Waals surface area contributed by atoms with Crippen molar-refractivity contribution in [3.63, 3.8) is 0 Å². The minimum atomic E-state index is 0.779. The molecule has 0 aliphatic carbocycles. The lowest BCUT2D eigenvalue weighted by atomic mass is 10.2. The lowest BCUT2D eigenvalue weighted by molar-refractivity contribution is 0.832. The van der Waals surface area contributed by atoms with Gasteiger partial charge in [0.05, 0.1) is 0 Å². The Labute approximate surface area is 97.2 Å². The lowest BCUT2D eigenvalue weighted by Crippen LogP contribution is -2.37. The second-order valence-corrected chi connectivity index (χ2v) is 3.40. The summed E-state index contributed by atoms with van der Waals surface area (Å²) < 4.78 is 0. The topological polar surface area (TPSA) is 49.3 Å². The second kappa shape index (κ2) is 7.68. The summed E-state index contributed by atoms with van der Waals surface area (Å²) in [6.07, 6.45) is 4.60. The molecule has 4 heteroatoms. The Kier molecular flexibility index (Phi) is 5.99. The monoisotopic (exact) mass is 220 g/mol. The fourth-order valence-electron chi connectivity index (χ4n) is 1.35. The summed E-state index contributed by atoms with van der Waals surface area (Å²) in [7, 11) is 0. The molecule has 2 N–H and O–H groups in total. The van der Waals surface area contributed by atoms with Crippen LogP contribution in [0.5, 0.6) is 0 Å². The average molecular weight is 220 g/mol. The normalized spacial score (nSPS) is 9.62. The first kappa shape index (κ1) is 12.5. The van der Waals surface area contributed by atoms with E-state index in [-0.39, 0.29) is 0 Å². The maximum Gasteiger partial charge on any atom is 0.191 e. The Hall–Kier alpha value is -1.58. The van der Waals surface area contributed by atoms with E-state index in [0.717, 1.165) is 32.0 Å². The number of aliphatic imine (C=N–C) groups is 1. The number of pyridine rings is 1. The van der Waals surface area contributed by atoms with Gasteiger partial charge in [0.25, 0.3) is 0 Å². The zero-order valence-electron chi connectivity index (χ0n) is 10.0. The number of nitrogens with zero attached hydrogens (tertiary/aromatic N) is 2. The van der Waals surface area contributed by atoms with Crippen molar-refractivity contribution in [3.05, 3.63) is 30.1 Å². The Bertz CT molecular complexity index is 300. The van der Waals surface area contributed by atoms with Crippen LogP contribution in [0.1, 0.15) is 19.4 Å². The molecule has 1 aromatic rings. The molecule has 4 nitrogen and oxygen atoms in total. The van der Waals surface area contributed by atoms with Crippen LogP contribution in [-0.4, -0.2) is 30.6 Å². The lowest BCUT2D eigenvalue weighted by Gasteiger charge is -2.08. The zero-order chi connectivity index (χ0) is 11.6. The number of rotatable bonds is 5. The van der Waals surface area contributed by atoms with Crippen molar-refractivity contribution in [3.8, 4) is 0 Å². The van der Waals surface area contributed by atoms with Crippen LogP contribution in [-0.2, 0) is 6.42 Å². The molecule has 0 saturated carbocycles. The highest BCUT2D eigenvalue weighted by Gasteiger charge is 1.94. The van der Waals surface area contributed by atoms with Gasteiger partial charge < -0.3 is 10.6 Å². The van der Waals surface area contributed by atoms with Crippen molar-refractivity contribution in [2.45, 2.75) is 20.3 Å². The third-order valence-corrected chi connectivity index (χ3v) is 2.08. The van der Waals surface area contributed by atoms with Crippen molar-refractivity contribution < 1.29 is 0 Å². The molecule has 0 radical (unpaired) electrons. The van der Waals surface area contributed by atoms with E-state index >= 15 is 0 Å². The van der Waals surface area contributed by atoms with Crippen LogP contribution in [0.25, 0.3) is 0 Å². The second-order valence-electron chi connectivity index (χ2n) is 3.40. The molecule has 16 heavy (non-hydrogen) atoms. The van der Waals surface area contributed by atoms with E-state index in [4.69, 9.17) is 0 Å². The van der Waals surface area contributed by atoms with E-state index in [1.807, 2.05) is 12.3 Å². The molecule has 0 unspecified atom stereocenters. The van der Waals surface area contributed by atoms with E-state index < -0.39 is 0 Å². The molecule has 88 valence electrons. The first-order chi connectivity index (χ1) is 7.86. The quantitative estimate of drug-likeness (QED) is 0.579. The number of guanidine groups is 1. The summed E-state index contributed by atoms with van der Waals surface area (Å²) in [5.41, 5.74) is 1.22. The van der Waals surface area contributed by atoms with Gasteiger partial charge in [-0.3, -0.25) is 9.98 Å². The molecule has 0 fully saturated rings. The molecule has 0 atom stereocenters. The number of hydrogen-bond acceptors (Lipinski definition) is 2. The van der Waals surface area contributed by atoms with Crippen LogP contribution in [0.3, 0.4) is 0 Å². The molecule has 0 amide bonds. The molecule has 0 spiro atoms. The minimum Gasteiger partial charge on any atom is -0.357 e. The van der Waals surface area contributed by atoms with Gasteiger partial charge in [0.2, 0.25) is 0 Å². The SMILES string of the molecule is CCNC(=NCCc1cccnc1)NCC. The van der Waals surface area contributed by atoms with Gasteiger partial charge in [0.15, 0.2) is 5.96 Å². The van der Waals surface area contributed by atoms with E-state index in [0.29, 0.717) is 0 Å². The van der Waals surface area contributed by atoms with Crippen molar-refractivity contribution in [1.29, 1.82) is 0 Å². The number of aromatic nitrogens is 1. The van der Waals surface area contributed by atoms with E-state index in [9.17, 15) is 0 Å².